The van der Waals surface area contributed by atoms with Crippen LogP contribution in [-0.4, -0.2) is 24.5 Å². The molecule has 1 N–H and O–H groups in total. The van der Waals surface area contributed by atoms with E-state index in [0.29, 0.717) is 29.3 Å². The summed E-state index contributed by atoms with van der Waals surface area (Å²) in [6, 6.07) is 15.0. The minimum atomic E-state index is -0.164. The van der Waals surface area contributed by atoms with E-state index in [9.17, 15) is 4.79 Å². The minimum absolute atomic E-state index is 0.164. The normalized spacial score (nSPS) is 10.5. The molecule has 25 heavy (non-hydrogen) atoms. The van der Waals surface area contributed by atoms with Gasteiger partial charge in [-0.2, -0.15) is 0 Å². The zero-order chi connectivity index (χ0) is 17.6. The predicted octanol–water partition coefficient (Wildman–Crippen LogP) is 4.44. The van der Waals surface area contributed by atoms with Crippen molar-refractivity contribution >= 4 is 28.8 Å². The Kier molecular flexibility index (Phi) is 5.68. The number of thiazole rings is 1. The summed E-state index contributed by atoms with van der Waals surface area (Å²) in [4.78, 5) is 16.8. The molecule has 1 heterocycles. The third kappa shape index (κ3) is 4.38. The molecule has 0 aliphatic rings. The first-order chi connectivity index (χ1) is 12.2. The molecular weight excluding hydrogens is 356 g/mol. The highest BCUT2D eigenvalue weighted by Gasteiger charge is 2.09. The number of aromatic nitrogens is 1. The van der Waals surface area contributed by atoms with Crippen LogP contribution in [-0.2, 0) is 6.42 Å². The number of methoxy groups -OCH3 is 1. The number of benzene rings is 2. The molecule has 3 rings (SSSR count). The second-order valence-corrected chi connectivity index (χ2v) is 6.63. The second-order valence-electron chi connectivity index (χ2n) is 5.37. The average molecular weight is 373 g/mol. The molecule has 0 unspecified atom stereocenters. The van der Waals surface area contributed by atoms with Gasteiger partial charge < -0.3 is 10.1 Å². The Hall–Kier alpha value is -2.37. The summed E-state index contributed by atoms with van der Waals surface area (Å²) in [5.41, 5.74) is 2.58. The van der Waals surface area contributed by atoms with Gasteiger partial charge in [0, 0.05) is 29.5 Å². The highest BCUT2D eigenvalue weighted by molar-refractivity contribution is 7.13. The zero-order valence-corrected chi connectivity index (χ0v) is 15.2. The fourth-order valence-electron chi connectivity index (χ4n) is 2.35. The number of carbonyl (C=O) groups is 1. The summed E-state index contributed by atoms with van der Waals surface area (Å²) < 4.78 is 5.09. The second kappa shape index (κ2) is 8.14. The maximum Gasteiger partial charge on any atom is 0.251 e. The number of hydrogen-bond acceptors (Lipinski definition) is 4. The molecule has 0 saturated carbocycles. The van der Waals surface area contributed by atoms with Crippen LogP contribution in [0.3, 0.4) is 0 Å². The van der Waals surface area contributed by atoms with Crippen LogP contribution in [0.4, 0.5) is 0 Å². The van der Waals surface area contributed by atoms with Crippen LogP contribution in [0.25, 0.3) is 10.6 Å². The Balaban J connectivity index is 1.55. The van der Waals surface area contributed by atoms with Gasteiger partial charge in [0.2, 0.25) is 0 Å². The smallest absolute Gasteiger partial charge is 0.251 e. The van der Waals surface area contributed by atoms with Crippen molar-refractivity contribution in [3.05, 3.63) is 70.2 Å². The van der Waals surface area contributed by atoms with E-state index in [4.69, 9.17) is 16.3 Å². The van der Waals surface area contributed by atoms with Crippen molar-refractivity contribution in [2.75, 3.05) is 13.7 Å². The molecule has 2 aromatic carbocycles. The quantitative estimate of drug-likeness (QED) is 0.695. The first-order valence-corrected chi connectivity index (χ1v) is 9.04. The first-order valence-electron chi connectivity index (χ1n) is 7.79. The molecule has 0 aliphatic carbocycles. The lowest BCUT2D eigenvalue weighted by atomic mass is 10.2. The molecular formula is C19H17ClN2O2S. The van der Waals surface area contributed by atoms with Crippen molar-refractivity contribution in [2.24, 2.45) is 0 Å². The van der Waals surface area contributed by atoms with E-state index in [2.05, 4.69) is 10.3 Å². The van der Waals surface area contributed by atoms with Crippen LogP contribution in [0.2, 0.25) is 5.02 Å². The maximum absolute atomic E-state index is 12.2. The maximum atomic E-state index is 12.2. The van der Waals surface area contributed by atoms with Gasteiger partial charge in [-0.25, -0.2) is 4.98 Å². The van der Waals surface area contributed by atoms with Gasteiger partial charge in [-0.3, -0.25) is 4.79 Å². The van der Waals surface area contributed by atoms with E-state index in [1.165, 1.54) is 0 Å². The lowest BCUT2D eigenvalue weighted by Crippen LogP contribution is -2.25. The highest BCUT2D eigenvalue weighted by Crippen LogP contribution is 2.25. The van der Waals surface area contributed by atoms with Crippen molar-refractivity contribution in [3.8, 4) is 16.3 Å². The molecule has 1 aromatic heterocycles. The summed E-state index contributed by atoms with van der Waals surface area (Å²) in [5.74, 6) is 0.386. The van der Waals surface area contributed by atoms with E-state index in [1.54, 1.807) is 36.6 Å². The monoisotopic (exact) mass is 372 g/mol. The zero-order valence-electron chi connectivity index (χ0n) is 13.7. The van der Waals surface area contributed by atoms with Gasteiger partial charge in [-0.05, 0) is 18.2 Å². The molecule has 0 spiro atoms. The number of rotatable bonds is 6. The molecule has 0 saturated heterocycles. The molecule has 0 atom stereocenters. The third-order valence-electron chi connectivity index (χ3n) is 3.65. The summed E-state index contributed by atoms with van der Waals surface area (Å²) in [6.07, 6.45) is 0.680. The van der Waals surface area contributed by atoms with E-state index in [1.807, 2.05) is 35.7 Å². The van der Waals surface area contributed by atoms with Gasteiger partial charge in [0.25, 0.3) is 5.91 Å². The molecule has 0 bridgehead atoms. The number of halogens is 1. The van der Waals surface area contributed by atoms with E-state index in [0.717, 1.165) is 16.3 Å². The van der Waals surface area contributed by atoms with Gasteiger partial charge in [0.1, 0.15) is 10.8 Å². The summed E-state index contributed by atoms with van der Waals surface area (Å²) >= 11 is 7.66. The van der Waals surface area contributed by atoms with Crippen molar-refractivity contribution in [1.29, 1.82) is 0 Å². The minimum Gasteiger partial charge on any atom is -0.495 e. The molecule has 6 heteroatoms. The highest BCUT2D eigenvalue weighted by atomic mass is 35.5. The van der Waals surface area contributed by atoms with E-state index in [-0.39, 0.29) is 5.91 Å². The largest absolute Gasteiger partial charge is 0.495 e. The van der Waals surface area contributed by atoms with Crippen LogP contribution in [0, 0.1) is 0 Å². The average Bonchev–Trinajstić information content (AvgIpc) is 3.11. The van der Waals surface area contributed by atoms with Crippen LogP contribution < -0.4 is 10.1 Å². The van der Waals surface area contributed by atoms with Crippen molar-refractivity contribution < 1.29 is 9.53 Å². The Morgan fingerprint density at radius 2 is 2.04 bits per heavy atom. The third-order valence-corrected chi connectivity index (χ3v) is 4.89. The summed E-state index contributed by atoms with van der Waals surface area (Å²) in [5, 5.41) is 6.32. The molecule has 0 fully saturated rings. The lowest BCUT2D eigenvalue weighted by molar-refractivity contribution is 0.0954. The molecule has 4 nitrogen and oxygen atoms in total. The van der Waals surface area contributed by atoms with Crippen LogP contribution in [0.1, 0.15) is 16.1 Å². The van der Waals surface area contributed by atoms with Crippen LogP contribution >= 0.6 is 22.9 Å². The fourth-order valence-corrected chi connectivity index (χ4v) is 3.47. The topological polar surface area (TPSA) is 51.2 Å². The Bertz CT molecular complexity index is 865. The Labute approximate surface area is 155 Å². The molecule has 3 aromatic rings. The lowest BCUT2D eigenvalue weighted by Gasteiger charge is -2.07. The summed E-state index contributed by atoms with van der Waals surface area (Å²) in [7, 11) is 1.54. The van der Waals surface area contributed by atoms with Crippen molar-refractivity contribution in [3.63, 3.8) is 0 Å². The Morgan fingerprint density at radius 3 is 2.76 bits per heavy atom. The number of hydrogen-bond donors (Lipinski definition) is 1. The van der Waals surface area contributed by atoms with E-state index < -0.39 is 0 Å². The molecule has 1 amide bonds. The summed E-state index contributed by atoms with van der Waals surface area (Å²) in [6.45, 7) is 0.514. The number of carbonyl (C=O) groups excluding carboxylic acids is 1. The predicted molar refractivity (Wildman–Crippen MR) is 102 cm³/mol. The Morgan fingerprint density at radius 1 is 1.24 bits per heavy atom. The van der Waals surface area contributed by atoms with Gasteiger partial charge in [-0.15, -0.1) is 11.3 Å². The number of ether oxygens (including phenoxy) is 1. The molecule has 0 radical (unpaired) electrons. The number of nitrogens with one attached hydrogen (secondary N) is 1. The van der Waals surface area contributed by atoms with Gasteiger partial charge in [0.05, 0.1) is 17.8 Å². The van der Waals surface area contributed by atoms with Crippen molar-refractivity contribution in [2.45, 2.75) is 6.42 Å². The first kappa shape index (κ1) is 17.5. The molecule has 128 valence electrons. The van der Waals surface area contributed by atoms with Gasteiger partial charge >= 0.3 is 0 Å². The number of amides is 1. The van der Waals surface area contributed by atoms with Crippen molar-refractivity contribution in [1.82, 2.24) is 10.3 Å². The van der Waals surface area contributed by atoms with Crippen LogP contribution in [0.15, 0.2) is 53.9 Å². The number of nitrogens with zero attached hydrogens (tertiary/aromatic N) is 1. The fraction of sp³-hybridized carbons (Fsp3) is 0.158. The van der Waals surface area contributed by atoms with Crippen LogP contribution in [0.5, 0.6) is 5.75 Å². The van der Waals surface area contributed by atoms with Gasteiger partial charge in [-0.1, -0.05) is 41.9 Å². The SMILES string of the molecule is COc1ccc(C(=O)NCCc2csc(-c3ccccc3)n2)cc1Cl. The van der Waals surface area contributed by atoms with E-state index >= 15 is 0 Å². The molecule has 0 aliphatic heterocycles. The standard InChI is InChI=1S/C19H17ClN2O2S/c1-24-17-8-7-14(11-16(17)20)18(23)21-10-9-15-12-25-19(22-15)13-5-3-2-4-6-13/h2-8,11-12H,9-10H2,1H3,(H,21,23). The van der Waals surface area contributed by atoms with Gasteiger partial charge in [0.15, 0.2) is 0 Å².